The molecule has 0 amide bonds. The average molecular weight is 337 g/mol. The van der Waals surface area contributed by atoms with Crippen LogP contribution in [-0.2, 0) is 0 Å². The minimum absolute atomic E-state index is 0.124. The largest absolute Gasteiger partial charge is 0.506 e. The summed E-state index contributed by atoms with van der Waals surface area (Å²) >= 11 is 6.74. The molecule has 0 radical (unpaired) electrons. The zero-order valence-electron chi connectivity index (χ0n) is 9.01. The summed E-state index contributed by atoms with van der Waals surface area (Å²) in [6.45, 7) is 6.20. The minimum atomic E-state index is 0.124. The van der Waals surface area contributed by atoms with Crippen molar-refractivity contribution >= 4 is 31.9 Å². The van der Waals surface area contributed by atoms with Crippen LogP contribution in [-0.4, -0.2) is 11.1 Å². The van der Waals surface area contributed by atoms with Gasteiger partial charge in [0.1, 0.15) is 5.75 Å². The van der Waals surface area contributed by atoms with Crippen LogP contribution in [0.4, 0.5) is 0 Å². The smallest absolute Gasteiger partial charge is 0.134 e. The van der Waals surface area contributed by atoms with Gasteiger partial charge in [-0.25, -0.2) is 0 Å². The van der Waals surface area contributed by atoms with E-state index in [4.69, 9.17) is 0 Å². The van der Waals surface area contributed by atoms with Gasteiger partial charge in [0, 0.05) is 22.1 Å². The molecule has 0 saturated heterocycles. The first kappa shape index (κ1) is 13.0. The normalized spacial score (nSPS) is 13.2. The van der Waals surface area contributed by atoms with Crippen LogP contribution in [0.1, 0.15) is 32.4 Å². The van der Waals surface area contributed by atoms with E-state index in [0.29, 0.717) is 16.3 Å². The van der Waals surface area contributed by atoms with Crippen LogP contribution in [0.3, 0.4) is 0 Å². The van der Waals surface area contributed by atoms with Crippen LogP contribution in [0.25, 0.3) is 0 Å². The van der Waals surface area contributed by atoms with Gasteiger partial charge >= 0.3 is 0 Å². The predicted octanol–water partition coefficient (Wildman–Crippen LogP) is 3.98. The molecule has 0 spiro atoms. The summed E-state index contributed by atoms with van der Waals surface area (Å²) < 4.78 is 1.67. The Kier molecular flexibility index (Phi) is 4.62. The Morgan fingerprint density at radius 2 is 1.80 bits per heavy atom. The summed E-state index contributed by atoms with van der Waals surface area (Å²) in [6.07, 6.45) is 0. The lowest BCUT2D eigenvalue weighted by atomic mass is 10.1. The molecule has 1 aromatic carbocycles. The maximum atomic E-state index is 9.90. The third kappa shape index (κ3) is 3.47. The first-order chi connectivity index (χ1) is 6.91. The fourth-order valence-corrected chi connectivity index (χ4v) is 2.76. The van der Waals surface area contributed by atoms with Gasteiger partial charge in [-0.05, 0) is 35.0 Å². The summed E-state index contributed by atoms with van der Waals surface area (Å²) in [5, 5.41) is 13.3. The zero-order valence-corrected chi connectivity index (χ0v) is 12.2. The third-order valence-electron chi connectivity index (χ3n) is 2.11. The number of hydrogen-bond donors (Lipinski definition) is 2. The van der Waals surface area contributed by atoms with E-state index < -0.39 is 0 Å². The maximum Gasteiger partial charge on any atom is 0.134 e. The molecule has 0 fully saturated rings. The predicted molar refractivity (Wildman–Crippen MR) is 70.2 cm³/mol. The van der Waals surface area contributed by atoms with Gasteiger partial charge in [0.25, 0.3) is 0 Å². The molecule has 0 aliphatic heterocycles. The van der Waals surface area contributed by atoms with E-state index in [0.717, 1.165) is 10.0 Å². The average Bonchev–Trinajstić information content (AvgIpc) is 2.09. The highest BCUT2D eigenvalue weighted by molar-refractivity contribution is 9.11. The Bertz CT molecular complexity index is 353. The van der Waals surface area contributed by atoms with Crippen molar-refractivity contribution in [2.75, 3.05) is 0 Å². The topological polar surface area (TPSA) is 32.3 Å². The first-order valence-electron chi connectivity index (χ1n) is 4.85. The number of phenols is 1. The lowest BCUT2D eigenvalue weighted by Gasteiger charge is -2.19. The molecule has 0 aliphatic carbocycles. The van der Waals surface area contributed by atoms with Crippen LogP contribution in [0, 0.1) is 0 Å². The number of nitrogens with one attached hydrogen (secondary N) is 1. The van der Waals surface area contributed by atoms with Crippen LogP contribution in [0.15, 0.2) is 21.1 Å². The van der Waals surface area contributed by atoms with Crippen molar-refractivity contribution in [2.24, 2.45) is 0 Å². The summed E-state index contributed by atoms with van der Waals surface area (Å²) in [4.78, 5) is 0. The van der Waals surface area contributed by atoms with Gasteiger partial charge in [-0.15, -0.1) is 0 Å². The highest BCUT2D eigenvalue weighted by Crippen LogP contribution is 2.35. The molecule has 2 nitrogen and oxygen atoms in total. The highest BCUT2D eigenvalue weighted by Gasteiger charge is 2.14. The van der Waals surface area contributed by atoms with E-state index in [-0.39, 0.29) is 6.04 Å². The van der Waals surface area contributed by atoms with E-state index in [2.05, 4.69) is 51.0 Å². The van der Waals surface area contributed by atoms with Crippen molar-refractivity contribution < 1.29 is 5.11 Å². The molecule has 0 bridgehead atoms. The van der Waals surface area contributed by atoms with Gasteiger partial charge < -0.3 is 10.4 Å². The van der Waals surface area contributed by atoms with E-state index >= 15 is 0 Å². The molecule has 1 atom stereocenters. The Hall–Kier alpha value is -0.0600. The maximum absolute atomic E-state index is 9.90. The fourth-order valence-electron chi connectivity index (χ4n) is 1.51. The second kappa shape index (κ2) is 5.32. The monoisotopic (exact) mass is 335 g/mol. The number of phenolic OH excluding ortho intramolecular Hbond substituents is 1. The Morgan fingerprint density at radius 3 is 2.33 bits per heavy atom. The summed E-state index contributed by atoms with van der Waals surface area (Å²) in [7, 11) is 0. The molecule has 0 aromatic heterocycles. The van der Waals surface area contributed by atoms with E-state index in [1.54, 1.807) is 0 Å². The van der Waals surface area contributed by atoms with Gasteiger partial charge in [-0.1, -0.05) is 29.8 Å². The third-order valence-corrected chi connectivity index (χ3v) is 3.17. The Morgan fingerprint density at radius 1 is 1.20 bits per heavy atom. The highest BCUT2D eigenvalue weighted by atomic mass is 79.9. The van der Waals surface area contributed by atoms with E-state index in [1.807, 2.05) is 19.1 Å². The molecule has 0 aliphatic rings. The summed E-state index contributed by atoms with van der Waals surface area (Å²) in [6, 6.07) is 4.28. The van der Waals surface area contributed by atoms with Crippen molar-refractivity contribution in [2.45, 2.75) is 32.9 Å². The van der Waals surface area contributed by atoms with Crippen molar-refractivity contribution in [3.63, 3.8) is 0 Å². The van der Waals surface area contributed by atoms with Crippen LogP contribution >= 0.6 is 31.9 Å². The van der Waals surface area contributed by atoms with Crippen LogP contribution in [0.2, 0.25) is 0 Å². The molecule has 1 unspecified atom stereocenters. The summed E-state index contributed by atoms with van der Waals surface area (Å²) in [5.74, 6) is 0.304. The van der Waals surface area contributed by atoms with Gasteiger partial charge in [0.2, 0.25) is 0 Å². The molecule has 0 heterocycles. The Balaban J connectivity index is 3.02. The van der Waals surface area contributed by atoms with Gasteiger partial charge in [0.05, 0.1) is 4.47 Å². The van der Waals surface area contributed by atoms with Crippen molar-refractivity contribution in [1.82, 2.24) is 5.32 Å². The quantitative estimate of drug-likeness (QED) is 0.875. The molecule has 1 aromatic rings. The molecular weight excluding hydrogens is 322 g/mol. The second-order valence-electron chi connectivity index (χ2n) is 3.87. The standard InChI is InChI=1S/C11H15Br2NO/c1-6(2)14-7(3)9-4-8(12)5-10(13)11(9)15/h4-7,14-15H,1-3H3. The van der Waals surface area contributed by atoms with E-state index in [9.17, 15) is 5.11 Å². The van der Waals surface area contributed by atoms with Crippen LogP contribution < -0.4 is 5.32 Å². The fraction of sp³-hybridized carbons (Fsp3) is 0.455. The molecule has 0 saturated carbocycles. The van der Waals surface area contributed by atoms with Gasteiger partial charge in [-0.3, -0.25) is 0 Å². The SMILES string of the molecule is CC(C)NC(C)c1cc(Br)cc(Br)c1O. The lowest BCUT2D eigenvalue weighted by Crippen LogP contribution is -2.26. The van der Waals surface area contributed by atoms with Gasteiger partial charge in [0.15, 0.2) is 0 Å². The number of rotatable bonds is 3. The number of benzene rings is 1. The summed E-state index contributed by atoms with van der Waals surface area (Å²) in [5.41, 5.74) is 0.893. The number of aromatic hydroxyl groups is 1. The zero-order chi connectivity index (χ0) is 11.6. The first-order valence-corrected chi connectivity index (χ1v) is 6.44. The molecule has 15 heavy (non-hydrogen) atoms. The molecule has 1 rings (SSSR count). The minimum Gasteiger partial charge on any atom is -0.506 e. The van der Waals surface area contributed by atoms with Crippen molar-refractivity contribution in [1.29, 1.82) is 0 Å². The van der Waals surface area contributed by atoms with Crippen molar-refractivity contribution in [3.05, 3.63) is 26.6 Å². The van der Waals surface area contributed by atoms with Crippen molar-refractivity contribution in [3.8, 4) is 5.75 Å². The van der Waals surface area contributed by atoms with Crippen LogP contribution in [0.5, 0.6) is 5.75 Å². The van der Waals surface area contributed by atoms with E-state index in [1.165, 1.54) is 0 Å². The second-order valence-corrected chi connectivity index (χ2v) is 5.64. The molecule has 2 N–H and O–H groups in total. The molecular formula is C11H15Br2NO. The molecule has 84 valence electrons. The molecule has 4 heteroatoms. The lowest BCUT2D eigenvalue weighted by molar-refractivity contribution is 0.439. The number of halogens is 2. The van der Waals surface area contributed by atoms with Gasteiger partial charge in [-0.2, -0.15) is 0 Å². The number of hydrogen-bond acceptors (Lipinski definition) is 2. The Labute approximate surface area is 107 Å².